The Balaban J connectivity index is 1.40. The monoisotopic (exact) mass is 548 g/mol. The number of carbonyl (C=O) groups is 1. The maximum absolute atomic E-state index is 13.4. The number of amides is 1. The van der Waals surface area contributed by atoms with E-state index in [1.807, 2.05) is 66.7 Å². The van der Waals surface area contributed by atoms with Crippen LogP contribution in [0.15, 0.2) is 89.9 Å². The minimum Gasteiger partial charge on any atom is -0.494 e. The zero-order valence-corrected chi connectivity index (χ0v) is 22.5. The van der Waals surface area contributed by atoms with Crippen LogP contribution in [0.25, 0.3) is 6.08 Å². The van der Waals surface area contributed by atoms with Crippen LogP contribution in [0.5, 0.6) is 5.75 Å². The fourth-order valence-corrected chi connectivity index (χ4v) is 4.80. The molecule has 3 aromatic carbocycles. The summed E-state index contributed by atoms with van der Waals surface area (Å²) in [5.41, 5.74) is 1.78. The lowest BCUT2D eigenvalue weighted by Crippen LogP contribution is -2.47. The Kier molecular flexibility index (Phi) is 10.6. The highest BCUT2D eigenvalue weighted by Crippen LogP contribution is 2.28. The molecule has 2 N–H and O–H groups in total. The second-order valence-electron chi connectivity index (χ2n) is 9.14. The second kappa shape index (κ2) is 14.5. The SMILES string of the molecule is O=C(NCCSCc1ccc(F)cc1)[C@@]1(C/C=C/c2ccccc2)COC(c2ccc(OCCCO)cc2)=N1. The number of ether oxygens (including phenoxy) is 2. The third-order valence-electron chi connectivity index (χ3n) is 6.14. The molecule has 0 bridgehead atoms. The standard InChI is InChI=1S/C31H33FN2O4S/c32-27-13-9-25(10-14-27)22-39-21-18-33-30(36)31(17-4-8-24-6-2-1-3-7-24)23-38-29(34-31)26-11-15-28(16-12-26)37-20-5-19-35/h1-4,6-16,35H,5,17-23H2,(H,33,36)/b8-4+/t31-/m1/s1. The summed E-state index contributed by atoms with van der Waals surface area (Å²) in [6.07, 6.45) is 4.91. The van der Waals surface area contributed by atoms with Gasteiger partial charge in [0.15, 0.2) is 5.54 Å². The molecule has 0 radical (unpaired) electrons. The van der Waals surface area contributed by atoms with Crippen LogP contribution in [0.3, 0.4) is 0 Å². The maximum Gasteiger partial charge on any atom is 0.251 e. The minimum absolute atomic E-state index is 0.0819. The molecular formula is C31H33FN2O4S. The van der Waals surface area contributed by atoms with Gasteiger partial charge in [0.1, 0.15) is 18.2 Å². The molecule has 1 aliphatic rings. The summed E-state index contributed by atoms with van der Waals surface area (Å²) >= 11 is 1.67. The van der Waals surface area contributed by atoms with E-state index in [4.69, 9.17) is 19.6 Å². The molecule has 204 valence electrons. The molecule has 4 rings (SSSR count). The van der Waals surface area contributed by atoms with Crippen LogP contribution in [0, 0.1) is 5.82 Å². The van der Waals surface area contributed by atoms with Crippen molar-refractivity contribution in [3.63, 3.8) is 0 Å². The van der Waals surface area contributed by atoms with E-state index >= 15 is 0 Å². The van der Waals surface area contributed by atoms with Crippen LogP contribution >= 0.6 is 11.8 Å². The van der Waals surface area contributed by atoms with E-state index in [0.717, 1.165) is 22.4 Å². The molecule has 6 nitrogen and oxygen atoms in total. The van der Waals surface area contributed by atoms with Gasteiger partial charge in [-0.05, 0) is 47.5 Å². The number of nitrogens with one attached hydrogen (secondary N) is 1. The van der Waals surface area contributed by atoms with Crippen LogP contribution in [0.4, 0.5) is 4.39 Å². The molecule has 8 heteroatoms. The topological polar surface area (TPSA) is 80.2 Å². The van der Waals surface area contributed by atoms with E-state index in [1.165, 1.54) is 12.1 Å². The van der Waals surface area contributed by atoms with Gasteiger partial charge in [0.25, 0.3) is 5.91 Å². The first-order chi connectivity index (χ1) is 19.1. The number of aliphatic hydroxyl groups excluding tert-OH is 1. The first kappa shape index (κ1) is 28.4. The molecule has 0 spiro atoms. The highest BCUT2D eigenvalue weighted by Gasteiger charge is 2.43. The van der Waals surface area contributed by atoms with E-state index in [1.54, 1.807) is 23.9 Å². The van der Waals surface area contributed by atoms with Gasteiger partial charge in [-0.25, -0.2) is 9.38 Å². The zero-order valence-electron chi connectivity index (χ0n) is 21.7. The average Bonchev–Trinajstić information content (AvgIpc) is 3.40. The van der Waals surface area contributed by atoms with Gasteiger partial charge in [-0.1, -0.05) is 54.6 Å². The zero-order chi connectivity index (χ0) is 27.3. The highest BCUT2D eigenvalue weighted by atomic mass is 32.2. The molecule has 1 aliphatic heterocycles. The summed E-state index contributed by atoms with van der Waals surface area (Å²) in [4.78, 5) is 18.2. The van der Waals surface area contributed by atoms with Crippen molar-refractivity contribution in [2.24, 2.45) is 4.99 Å². The summed E-state index contributed by atoms with van der Waals surface area (Å²) in [5, 5.41) is 12.0. The number of aliphatic imine (C=N–C) groups is 1. The van der Waals surface area contributed by atoms with Crippen LogP contribution < -0.4 is 10.1 Å². The van der Waals surface area contributed by atoms with E-state index in [0.29, 0.717) is 43.4 Å². The molecular weight excluding hydrogens is 515 g/mol. The predicted molar refractivity (Wildman–Crippen MR) is 155 cm³/mol. The van der Waals surface area contributed by atoms with Gasteiger partial charge in [-0.15, -0.1) is 0 Å². The number of hydrogen-bond donors (Lipinski definition) is 2. The van der Waals surface area contributed by atoms with Crippen LogP contribution in [0.2, 0.25) is 0 Å². The van der Waals surface area contributed by atoms with Gasteiger partial charge < -0.3 is 19.9 Å². The van der Waals surface area contributed by atoms with Gasteiger partial charge >= 0.3 is 0 Å². The lowest BCUT2D eigenvalue weighted by molar-refractivity contribution is -0.126. The summed E-state index contributed by atoms with van der Waals surface area (Å²) in [6.45, 7) is 1.15. The van der Waals surface area contributed by atoms with Crippen molar-refractivity contribution in [2.45, 2.75) is 24.1 Å². The van der Waals surface area contributed by atoms with Gasteiger partial charge in [0.2, 0.25) is 5.90 Å². The lowest BCUT2D eigenvalue weighted by Gasteiger charge is -2.21. The average molecular weight is 549 g/mol. The summed E-state index contributed by atoms with van der Waals surface area (Å²) < 4.78 is 24.7. The molecule has 0 saturated heterocycles. The predicted octanol–water partition coefficient (Wildman–Crippen LogP) is 5.26. The number of thioether (sulfide) groups is 1. The molecule has 1 atom stereocenters. The molecule has 0 saturated carbocycles. The number of benzene rings is 3. The Morgan fingerprint density at radius 1 is 1.10 bits per heavy atom. The largest absolute Gasteiger partial charge is 0.494 e. The van der Waals surface area contributed by atoms with Crippen molar-refractivity contribution in [1.29, 1.82) is 0 Å². The van der Waals surface area contributed by atoms with Crippen molar-refractivity contribution in [3.8, 4) is 5.75 Å². The molecule has 0 aliphatic carbocycles. The van der Waals surface area contributed by atoms with E-state index in [9.17, 15) is 9.18 Å². The number of nitrogens with zero attached hydrogens (tertiary/aromatic N) is 1. The molecule has 0 fully saturated rings. The Morgan fingerprint density at radius 3 is 2.62 bits per heavy atom. The summed E-state index contributed by atoms with van der Waals surface area (Å²) in [5.74, 6) is 2.15. The Bertz CT molecular complexity index is 1250. The fourth-order valence-electron chi connectivity index (χ4n) is 3.98. The first-order valence-electron chi connectivity index (χ1n) is 13.0. The quantitative estimate of drug-likeness (QED) is 0.269. The van der Waals surface area contributed by atoms with Gasteiger partial charge in [0, 0.05) is 43.1 Å². The number of rotatable bonds is 14. The Labute approximate surface area is 233 Å². The minimum atomic E-state index is -1.07. The summed E-state index contributed by atoms with van der Waals surface area (Å²) in [6, 6.07) is 23.7. The number of carbonyl (C=O) groups excluding carboxylic acids is 1. The fraction of sp³-hybridized carbons (Fsp3) is 0.290. The van der Waals surface area contributed by atoms with E-state index in [-0.39, 0.29) is 24.9 Å². The number of halogens is 1. The third kappa shape index (κ3) is 8.43. The van der Waals surface area contributed by atoms with Gasteiger partial charge in [-0.3, -0.25) is 4.79 Å². The molecule has 0 unspecified atom stereocenters. The molecule has 0 aromatic heterocycles. The Morgan fingerprint density at radius 2 is 1.87 bits per heavy atom. The van der Waals surface area contributed by atoms with Crippen molar-refractivity contribution < 1.29 is 23.8 Å². The van der Waals surface area contributed by atoms with Crippen LogP contribution in [-0.2, 0) is 15.3 Å². The molecule has 3 aromatic rings. The van der Waals surface area contributed by atoms with Crippen molar-refractivity contribution in [3.05, 3.63) is 107 Å². The molecule has 1 amide bonds. The van der Waals surface area contributed by atoms with E-state index in [2.05, 4.69) is 5.32 Å². The van der Waals surface area contributed by atoms with Crippen molar-refractivity contribution >= 4 is 29.6 Å². The maximum atomic E-state index is 13.4. The van der Waals surface area contributed by atoms with Crippen LogP contribution in [0.1, 0.15) is 29.5 Å². The molecule has 39 heavy (non-hydrogen) atoms. The van der Waals surface area contributed by atoms with Gasteiger partial charge in [0.05, 0.1) is 6.61 Å². The lowest BCUT2D eigenvalue weighted by atomic mass is 9.95. The second-order valence-corrected chi connectivity index (χ2v) is 10.2. The third-order valence-corrected chi connectivity index (χ3v) is 7.17. The van der Waals surface area contributed by atoms with Crippen LogP contribution in [-0.4, -0.2) is 54.6 Å². The normalized spacial score (nSPS) is 16.6. The van der Waals surface area contributed by atoms with Crippen molar-refractivity contribution in [2.75, 3.05) is 32.1 Å². The van der Waals surface area contributed by atoms with Gasteiger partial charge in [-0.2, -0.15) is 11.8 Å². The number of hydrogen-bond acceptors (Lipinski definition) is 6. The smallest absolute Gasteiger partial charge is 0.251 e. The highest BCUT2D eigenvalue weighted by molar-refractivity contribution is 7.98. The van der Waals surface area contributed by atoms with Crippen molar-refractivity contribution in [1.82, 2.24) is 5.32 Å². The first-order valence-corrected chi connectivity index (χ1v) is 14.1. The summed E-state index contributed by atoms with van der Waals surface area (Å²) in [7, 11) is 0. The van der Waals surface area contributed by atoms with E-state index < -0.39 is 5.54 Å². The number of aliphatic hydroxyl groups is 1. The molecule has 1 heterocycles. The Hall–Kier alpha value is -3.62.